The second kappa shape index (κ2) is 8.75. The van der Waals surface area contributed by atoms with Crippen molar-refractivity contribution in [2.45, 2.75) is 18.9 Å². The van der Waals surface area contributed by atoms with Gasteiger partial charge in [0.2, 0.25) is 11.8 Å². The molecule has 2 aromatic carbocycles. The van der Waals surface area contributed by atoms with Crippen LogP contribution in [0.5, 0.6) is 11.5 Å². The monoisotopic (exact) mass is 384 g/mol. The second-order valence-corrected chi connectivity index (χ2v) is 6.50. The van der Waals surface area contributed by atoms with Crippen LogP contribution in [0.2, 0.25) is 0 Å². The molecule has 3 rings (SSSR count). The van der Waals surface area contributed by atoms with Crippen molar-refractivity contribution in [3.8, 4) is 11.5 Å². The zero-order valence-corrected chi connectivity index (χ0v) is 16.2. The molecule has 2 unspecified atom stereocenters. The predicted molar refractivity (Wildman–Crippen MR) is 104 cm³/mol. The number of anilines is 1. The summed E-state index contributed by atoms with van der Waals surface area (Å²) in [7, 11) is 4.58. The molecule has 1 aliphatic heterocycles. The van der Waals surface area contributed by atoms with Crippen molar-refractivity contribution in [3.63, 3.8) is 0 Å². The van der Waals surface area contributed by atoms with Crippen LogP contribution in [0.15, 0.2) is 48.5 Å². The minimum absolute atomic E-state index is 0.0348. The molecule has 148 valence electrons. The molecule has 1 heterocycles. The Labute approximate surface area is 164 Å². The number of methoxy groups -OCH3 is 2. The largest absolute Gasteiger partial charge is 0.497 e. The smallest absolute Gasteiger partial charge is 0.249 e. The third-order valence-corrected chi connectivity index (χ3v) is 4.94. The van der Waals surface area contributed by atoms with Crippen molar-refractivity contribution in [1.29, 1.82) is 0 Å². The van der Waals surface area contributed by atoms with Gasteiger partial charge in [0.05, 0.1) is 33.3 Å². The summed E-state index contributed by atoms with van der Waals surface area (Å²) in [6, 6.07) is 14.2. The molecule has 0 aliphatic carbocycles. The summed E-state index contributed by atoms with van der Waals surface area (Å²) in [4.78, 5) is 32.1. The lowest BCUT2D eigenvalue weighted by Crippen LogP contribution is -2.48. The topological polar surface area (TPSA) is 77.1 Å². The average Bonchev–Trinajstić information content (AvgIpc) is 2.74. The highest BCUT2D eigenvalue weighted by molar-refractivity contribution is 5.97. The Bertz CT molecular complexity index is 820. The van der Waals surface area contributed by atoms with Gasteiger partial charge in [0.15, 0.2) is 0 Å². The number of hydroxylamine groups is 1. The van der Waals surface area contributed by atoms with Gasteiger partial charge >= 0.3 is 0 Å². The Morgan fingerprint density at radius 2 is 1.54 bits per heavy atom. The molecule has 0 bridgehead atoms. The summed E-state index contributed by atoms with van der Waals surface area (Å²) >= 11 is 0. The second-order valence-electron chi connectivity index (χ2n) is 6.50. The maximum atomic E-state index is 12.9. The molecule has 2 aromatic rings. The third kappa shape index (κ3) is 3.94. The Kier molecular flexibility index (Phi) is 6.16. The quantitative estimate of drug-likeness (QED) is 0.775. The van der Waals surface area contributed by atoms with Gasteiger partial charge in [-0.15, -0.1) is 0 Å². The number of hydrogen-bond donors (Lipinski definition) is 1. The van der Waals surface area contributed by atoms with E-state index < -0.39 is 12.0 Å². The van der Waals surface area contributed by atoms with Crippen LogP contribution in [-0.2, 0) is 14.4 Å². The highest BCUT2D eigenvalue weighted by Crippen LogP contribution is 2.40. The first-order valence-corrected chi connectivity index (χ1v) is 9.02. The van der Waals surface area contributed by atoms with E-state index in [9.17, 15) is 9.59 Å². The Hall–Kier alpha value is -3.06. The first-order chi connectivity index (χ1) is 13.6. The zero-order chi connectivity index (χ0) is 20.1. The minimum atomic E-state index is -0.462. The number of carbonyl (C=O) groups excluding carboxylic acids is 2. The average molecular weight is 384 g/mol. The number of benzene rings is 2. The summed E-state index contributed by atoms with van der Waals surface area (Å²) in [5.74, 6) is 0.664. The van der Waals surface area contributed by atoms with Crippen LogP contribution in [0.3, 0.4) is 0 Å². The van der Waals surface area contributed by atoms with Crippen LogP contribution >= 0.6 is 0 Å². The van der Waals surface area contributed by atoms with Gasteiger partial charge in [0.1, 0.15) is 11.5 Å². The molecule has 28 heavy (non-hydrogen) atoms. The molecule has 1 fully saturated rings. The van der Waals surface area contributed by atoms with Crippen molar-refractivity contribution in [2.24, 2.45) is 5.92 Å². The minimum Gasteiger partial charge on any atom is -0.497 e. The van der Waals surface area contributed by atoms with Gasteiger partial charge in [-0.25, -0.2) is 5.48 Å². The van der Waals surface area contributed by atoms with Crippen molar-refractivity contribution >= 4 is 17.5 Å². The standard InChI is InChI=1S/C21H24N2O5/c1-26-16-8-4-14(5-9-16)20-18(21(25)22-28-3)12-13-19(24)23(20)15-6-10-17(27-2)11-7-15/h4-11,18,20H,12-13H2,1-3H3,(H,22,25). The molecular weight excluding hydrogens is 360 g/mol. The van der Waals surface area contributed by atoms with E-state index in [-0.39, 0.29) is 18.2 Å². The lowest BCUT2D eigenvalue weighted by atomic mass is 9.83. The Morgan fingerprint density at radius 3 is 2.07 bits per heavy atom. The number of hydrogen-bond acceptors (Lipinski definition) is 5. The highest BCUT2D eigenvalue weighted by Gasteiger charge is 2.41. The van der Waals surface area contributed by atoms with E-state index in [1.54, 1.807) is 31.3 Å². The zero-order valence-electron chi connectivity index (χ0n) is 16.2. The van der Waals surface area contributed by atoms with Crippen LogP contribution in [0.4, 0.5) is 5.69 Å². The van der Waals surface area contributed by atoms with E-state index >= 15 is 0 Å². The molecule has 2 amide bonds. The molecule has 1 N–H and O–H groups in total. The summed E-state index contributed by atoms with van der Waals surface area (Å²) in [6.45, 7) is 0. The first kappa shape index (κ1) is 19.7. The van der Waals surface area contributed by atoms with Gasteiger partial charge < -0.3 is 14.4 Å². The number of rotatable bonds is 6. The summed E-state index contributed by atoms with van der Waals surface area (Å²) in [5.41, 5.74) is 3.98. The van der Waals surface area contributed by atoms with Gasteiger partial charge in [0, 0.05) is 12.1 Å². The van der Waals surface area contributed by atoms with E-state index in [2.05, 4.69) is 5.48 Å². The fourth-order valence-electron chi connectivity index (χ4n) is 3.57. The molecule has 1 aliphatic rings. The maximum Gasteiger partial charge on any atom is 0.249 e. The number of nitrogens with one attached hydrogen (secondary N) is 1. The van der Waals surface area contributed by atoms with Crippen molar-refractivity contribution in [2.75, 3.05) is 26.2 Å². The summed E-state index contributed by atoms with van der Waals surface area (Å²) < 4.78 is 10.4. The number of carbonyl (C=O) groups is 2. The first-order valence-electron chi connectivity index (χ1n) is 9.02. The Balaban J connectivity index is 2.05. The molecule has 7 heteroatoms. The molecule has 2 atom stereocenters. The fraction of sp³-hybridized carbons (Fsp3) is 0.333. The molecule has 0 aromatic heterocycles. The van der Waals surface area contributed by atoms with Crippen LogP contribution in [0, 0.1) is 5.92 Å². The van der Waals surface area contributed by atoms with E-state index in [0.717, 1.165) is 5.56 Å². The number of amides is 2. The molecule has 0 radical (unpaired) electrons. The highest BCUT2D eigenvalue weighted by atomic mass is 16.6. The lowest BCUT2D eigenvalue weighted by molar-refractivity contribution is -0.138. The lowest BCUT2D eigenvalue weighted by Gasteiger charge is -2.40. The van der Waals surface area contributed by atoms with E-state index in [4.69, 9.17) is 14.3 Å². The molecular formula is C21H24N2O5. The molecule has 7 nitrogen and oxygen atoms in total. The van der Waals surface area contributed by atoms with Gasteiger partial charge in [0.25, 0.3) is 0 Å². The van der Waals surface area contributed by atoms with Crippen LogP contribution in [0.25, 0.3) is 0 Å². The summed E-state index contributed by atoms with van der Waals surface area (Å²) in [5, 5.41) is 0. The third-order valence-electron chi connectivity index (χ3n) is 4.94. The van der Waals surface area contributed by atoms with Gasteiger partial charge in [-0.1, -0.05) is 12.1 Å². The van der Waals surface area contributed by atoms with Gasteiger partial charge in [-0.3, -0.25) is 14.4 Å². The van der Waals surface area contributed by atoms with Crippen LogP contribution < -0.4 is 19.9 Å². The van der Waals surface area contributed by atoms with Gasteiger partial charge in [-0.05, 0) is 48.4 Å². The SMILES string of the molecule is CONC(=O)C1CCC(=O)N(c2ccc(OC)cc2)C1c1ccc(OC)cc1. The fourth-order valence-corrected chi connectivity index (χ4v) is 3.57. The molecule has 0 saturated carbocycles. The number of nitrogens with zero attached hydrogens (tertiary/aromatic N) is 1. The van der Waals surface area contributed by atoms with Gasteiger partial charge in [-0.2, -0.15) is 0 Å². The summed E-state index contributed by atoms with van der Waals surface area (Å²) in [6.07, 6.45) is 0.720. The van der Waals surface area contributed by atoms with Crippen LogP contribution in [-0.4, -0.2) is 33.1 Å². The molecule has 1 saturated heterocycles. The van der Waals surface area contributed by atoms with Crippen LogP contribution in [0.1, 0.15) is 24.4 Å². The predicted octanol–water partition coefficient (Wildman–Crippen LogP) is 2.87. The van der Waals surface area contributed by atoms with E-state index in [1.165, 1.54) is 7.11 Å². The normalized spacial score (nSPS) is 19.2. The molecule has 0 spiro atoms. The van der Waals surface area contributed by atoms with Crippen molar-refractivity contribution < 1.29 is 23.9 Å². The van der Waals surface area contributed by atoms with E-state index in [0.29, 0.717) is 23.6 Å². The van der Waals surface area contributed by atoms with Crippen molar-refractivity contribution in [3.05, 3.63) is 54.1 Å². The van der Waals surface area contributed by atoms with E-state index in [1.807, 2.05) is 36.4 Å². The Morgan fingerprint density at radius 1 is 0.964 bits per heavy atom. The van der Waals surface area contributed by atoms with Crippen molar-refractivity contribution in [1.82, 2.24) is 5.48 Å². The number of ether oxygens (including phenoxy) is 2. The number of piperidine rings is 1. The maximum absolute atomic E-state index is 12.9.